The minimum absolute atomic E-state index is 0.262. The van der Waals surface area contributed by atoms with Gasteiger partial charge >= 0.3 is 6.03 Å². The van der Waals surface area contributed by atoms with Gasteiger partial charge in [0.05, 0.1) is 5.25 Å². The number of carbonyl (C=O) groups excluding carboxylic acids is 1. The standard InChI is InChI=1S/C14H23N5O3S/c1-18(2)13-9-12(15-10-16-13)17-14(20)19-7-4-5-11(6-8-19)23(3,21)22/h9-11H,4-8H2,1-3H3,(H,15,16,17,20). The van der Waals surface area contributed by atoms with Gasteiger partial charge in [-0.3, -0.25) is 5.32 Å². The molecule has 0 radical (unpaired) electrons. The summed E-state index contributed by atoms with van der Waals surface area (Å²) < 4.78 is 23.3. The van der Waals surface area contributed by atoms with Crippen LogP contribution in [0.1, 0.15) is 19.3 Å². The molecule has 2 rings (SSSR count). The Hall–Kier alpha value is -1.90. The van der Waals surface area contributed by atoms with Gasteiger partial charge < -0.3 is 9.80 Å². The number of hydrogen-bond donors (Lipinski definition) is 1. The first-order valence-electron chi connectivity index (χ1n) is 7.51. The van der Waals surface area contributed by atoms with Gasteiger partial charge in [-0.15, -0.1) is 0 Å². The molecule has 1 unspecified atom stereocenters. The molecule has 1 aliphatic heterocycles. The predicted molar refractivity (Wildman–Crippen MR) is 89.4 cm³/mol. The molecule has 0 aromatic carbocycles. The monoisotopic (exact) mass is 341 g/mol. The van der Waals surface area contributed by atoms with Crippen molar-refractivity contribution in [1.82, 2.24) is 14.9 Å². The molecule has 0 saturated carbocycles. The van der Waals surface area contributed by atoms with E-state index in [1.165, 1.54) is 12.6 Å². The summed E-state index contributed by atoms with van der Waals surface area (Å²) in [4.78, 5) is 23.9. The lowest BCUT2D eigenvalue weighted by atomic mass is 10.2. The fourth-order valence-corrected chi connectivity index (χ4v) is 3.67. The van der Waals surface area contributed by atoms with E-state index in [0.29, 0.717) is 44.0 Å². The van der Waals surface area contributed by atoms with E-state index in [-0.39, 0.29) is 11.3 Å². The lowest BCUT2D eigenvalue weighted by molar-refractivity contribution is 0.213. The zero-order chi connectivity index (χ0) is 17.0. The number of carbonyl (C=O) groups is 1. The Bertz CT molecular complexity index is 662. The third-order valence-corrected chi connectivity index (χ3v) is 5.60. The van der Waals surface area contributed by atoms with Crippen LogP contribution < -0.4 is 10.2 Å². The maximum Gasteiger partial charge on any atom is 0.323 e. The number of sulfone groups is 1. The molecule has 8 nitrogen and oxygen atoms in total. The average molecular weight is 341 g/mol. The predicted octanol–water partition coefficient (Wildman–Crippen LogP) is 0.974. The molecule has 1 N–H and O–H groups in total. The van der Waals surface area contributed by atoms with Crippen molar-refractivity contribution >= 4 is 27.5 Å². The first-order chi connectivity index (χ1) is 10.8. The third-order valence-electron chi connectivity index (χ3n) is 3.91. The van der Waals surface area contributed by atoms with Crippen LogP contribution in [0.25, 0.3) is 0 Å². The molecule has 23 heavy (non-hydrogen) atoms. The zero-order valence-corrected chi connectivity index (χ0v) is 14.5. The van der Waals surface area contributed by atoms with E-state index in [2.05, 4.69) is 15.3 Å². The minimum atomic E-state index is -3.06. The molecule has 1 saturated heterocycles. The van der Waals surface area contributed by atoms with Gasteiger partial charge in [-0.25, -0.2) is 23.2 Å². The lowest BCUT2D eigenvalue weighted by Gasteiger charge is -2.21. The molecular weight excluding hydrogens is 318 g/mol. The van der Waals surface area contributed by atoms with Gasteiger partial charge in [0.15, 0.2) is 0 Å². The van der Waals surface area contributed by atoms with Gasteiger partial charge in [-0.05, 0) is 19.3 Å². The summed E-state index contributed by atoms with van der Waals surface area (Å²) in [5.41, 5.74) is 0. The second-order valence-electron chi connectivity index (χ2n) is 5.96. The van der Waals surface area contributed by atoms with E-state index in [1.807, 2.05) is 19.0 Å². The molecule has 0 bridgehead atoms. The SMILES string of the molecule is CN(C)c1cc(NC(=O)N2CCCC(S(C)(=O)=O)CC2)ncn1. The van der Waals surface area contributed by atoms with E-state index < -0.39 is 9.84 Å². The van der Waals surface area contributed by atoms with E-state index >= 15 is 0 Å². The summed E-state index contributed by atoms with van der Waals surface area (Å²) in [6.07, 6.45) is 4.40. The van der Waals surface area contributed by atoms with Crippen molar-refractivity contribution in [2.45, 2.75) is 24.5 Å². The summed E-state index contributed by atoms with van der Waals surface area (Å²) in [6.45, 7) is 0.971. The summed E-state index contributed by atoms with van der Waals surface area (Å²) in [5, 5.41) is 2.39. The van der Waals surface area contributed by atoms with Crippen molar-refractivity contribution < 1.29 is 13.2 Å². The molecule has 1 fully saturated rings. The fourth-order valence-electron chi connectivity index (χ4n) is 2.55. The molecule has 0 aliphatic carbocycles. The Kier molecular flexibility index (Phi) is 5.40. The highest BCUT2D eigenvalue weighted by atomic mass is 32.2. The largest absolute Gasteiger partial charge is 0.363 e. The Morgan fingerprint density at radius 1 is 1.30 bits per heavy atom. The van der Waals surface area contributed by atoms with Gasteiger partial charge in [0, 0.05) is 39.5 Å². The van der Waals surface area contributed by atoms with E-state index in [4.69, 9.17) is 0 Å². The Labute approximate surface area is 136 Å². The van der Waals surface area contributed by atoms with Crippen LogP contribution in [-0.4, -0.2) is 68.0 Å². The van der Waals surface area contributed by atoms with Gasteiger partial charge in [0.25, 0.3) is 0 Å². The van der Waals surface area contributed by atoms with Crippen LogP contribution in [0.15, 0.2) is 12.4 Å². The van der Waals surface area contributed by atoms with Gasteiger partial charge in [-0.1, -0.05) is 0 Å². The van der Waals surface area contributed by atoms with Crippen molar-refractivity contribution in [2.24, 2.45) is 0 Å². The number of rotatable bonds is 3. The van der Waals surface area contributed by atoms with Gasteiger partial charge in [-0.2, -0.15) is 0 Å². The highest BCUT2D eigenvalue weighted by molar-refractivity contribution is 7.91. The average Bonchev–Trinajstić information content (AvgIpc) is 2.73. The van der Waals surface area contributed by atoms with Crippen molar-refractivity contribution in [3.05, 3.63) is 12.4 Å². The van der Waals surface area contributed by atoms with E-state index in [0.717, 1.165) is 0 Å². The maximum absolute atomic E-state index is 12.3. The first kappa shape index (κ1) is 17.5. The zero-order valence-electron chi connectivity index (χ0n) is 13.7. The number of nitrogens with one attached hydrogen (secondary N) is 1. The number of anilines is 2. The molecule has 2 heterocycles. The molecule has 0 spiro atoms. The summed E-state index contributed by atoms with van der Waals surface area (Å²) in [5.74, 6) is 1.13. The van der Waals surface area contributed by atoms with Crippen molar-refractivity contribution in [3.63, 3.8) is 0 Å². The molecule has 1 aromatic rings. The lowest BCUT2D eigenvalue weighted by Crippen LogP contribution is -2.36. The summed E-state index contributed by atoms with van der Waals surface area (Å²) >= 11 is 0. The van der Waals surface area contributed by atoms with Crippen LogP contribution in [0.4, 0.5) is 16.4 Å². The Morgan fingerprint density at radius 3 is 2.70 bits per heavy atom. The maximum atomic E-state index is 12.3. The second kappa shape index (κ2) is 7.12. The van der Waals surface area contributed by atoms with Crippen LogP contribution >= 0.6 is 0 Å². The van der Waals surface area contributed by atoms with Crippen LogP contribution in [0.2, 0.25) is 0 Å². The highest BCUT2D eigenvalue weighted by Gasteiger charge is 2.26. The molecule has 2 amide bonds. The second-order valence-corrected chi connectivity index (χ2v) is 8.28. The quantitative estimate of drug-likeness (QED) is 0.880. The smallest absolute Gasteiger partial charge is 0.323 e. The van der Waals surface area contributed by atoms with Crippen molar-refractivity contribution in [2.75, 3.05) is 43.7 Å². The van der Waals surface area contributed by atoms with E-state index in [9.17, 15) is 13.2 Å². The van der Waals surface area contributed by atoms with Crippen LogP contribution in [0, 0.1) is 0 Å². The molecule has 128 valence electrons. The first-order valence-corrected chi connectivity index (χ1v) is 9.47. The van der Waals surface area contributed by atoms with Gasteiger partial charge in [0.1, 0.15) is 27.8 Å². The number of aromatic nitrogens is 2. The van der Waals surface area contributed by atoms with Crippen molar-refractivity contribution in [3.8, 4) is 0 Å². The summed E-state index contributed by atoms with van der Waals surface area (Å²) in [6, 6.07) is 1.43. The number of likely N-dealkylation sites (tertiary alicyclic amines) is 1. The van der Waals surface area contributed by atoms with Crippen LogP contribution in [0.3, 0.4) is 0 Å². The van der Waals surface area contributed by atoms with Crippen LogP contribution in [0.5, 0.6) is 0 Å². The number of nitrogens with zero attached hydrogens (tertiary/aromatic N) is 4. The normalized spacial score (nSPS) is 19.1. The highest BCUT2D eigenvalue weighted by Crippen LogP contribution is 2.18. The van der Waals surface area contributed by atoms with E-state index in [1.54, 1.807) is 11.0 Å². The minimum Gasteiger partial charge on any atom is -0.363 e. The Morgan fingerprint density at radius 2 is 2.04 bits per heavy atom. The fraction of sp³-hybridized carbons (Fsp3) is 0.643. The molecule has 1 atom stereocenters. The number of amides is 2. The molecule has 1 aliphatic rings. The van der Waals surface area contributed by atoms with Gasteiger partial charge in [0.2, 0.25) is 0 Å². The molecule has 9 heteroatoms. The summed E-state index contributed by atoms with van der Waals surface area (Å²) in [7, 11) is 0.654. The topological polar surface area (TPSA) is 95.5 Å². The third kappa shape index (κ3) is 4.78. The Balaban J connectivity index is 2.00. The number of urea groups is 1. The van der Waals surface area contributed by atoms with Crippen molar-refractivity contribution in [1.29, 1.82) is 0 Å². The van der Waals surface area contributed by atoms with Crippen LogP contribution in [-0.2, 0) is 9.84 Å². The molecule has 1 aromatic heterocycles. The number of hydrogen-bond acceptors (Lipinski definition) is 6. The molecular formula is C14H23N5O3S.